The van der Waals surface area contributed by atoms with E-state index in [1.807, 2.05) is 20.8 Å². The summed E-state index contributed by atoms with van der Waals surface area (Å²) in [4.78, 5) is 41.0. The Hall–Kier alpha value is -3.23. The highest BCUT2D eigenvalue weighted by molar-refractivity contribution is 7.12. The topological polar surface area (TPSA) is 78.5 Å². The van der Waals surface area contributed by atoms with E-state index in [1.54, 1.807) is 47.8 Å². The first-order chi connectivity index (χ1) is 16.1. The number of carbonyl (C=O) groups excluding carboxylic acids is 3. The maximum Gasteiger partial charge on any atom is 0.261 e. The van der Waals surface area contributed by atoms with Gasteiger partial charge in [0.2, 0.25) is 11.8 Å². The Labute approximate surface area is 206 Å². The summed E-state index contributed by atoms with van der Waals surface area (Å²) < 4.78 is 13.9. The van der Waals surface area contributed by atoms with Gasteiger partial charge < -0.3 is 10.6 Å². The van der Waals surface area contributed by atoms with Crippen molar-refractivity contribution < 1.29 is 18.8 Å². The van der Waals surface area contributed by atoms with E-state index in [4.69, 9.17) is 11.6 Å². The highest BCUT2D eigenvalue weighted by Gasteiger charge is 2.34. The fourth-order valence-electron chi connectivity index (χ4n) is 3.30. The number of carbonyl (C=O) groups is 3. The van der Waals surface area contributed by atoms with Crippen LogP contribution in [0.15, 0.2) is 66.0 Å². The molecule has 178 valence electrons. The summed E-state index contributed by atoms with van der Waals surface area (Å²) in [5, 5.41) is 7.07. The number of thiophene rings is 1. The number of rotatable bonds is 7. The lowest BCUT2D eigenvalue weighted by atomic mass is 10.0. The Morgan fingerprint density at radius 1 is 1.06 bits per heavy atom. The summed E-state index contributed by atoms with van der Waals surface area (Å²) in [7, 11) is 0. The van der Waals surface area contributed by atoms with Gasteiger partial charge in [0.05, 0.1) is 16.4 Å². The minimum Gasteiger partial charge on any atom is -0.349 e. The molecule has 0 bridgehead atoms. The molecule has 34 heavy (non-hydrogen) atoms. The van der Waals surface area contributed by atoms with Crippen LogP contribution in [0.5, 0.6) is 0 Å². The largest absolute Gasteiger partial charge is 0.349 e. The highest BCUT2D eigenvalue weighted by atomic mass is 35.5. The molecule has 0 aliphatic heterocycles. The zero-order chi connectivity index (χ0) is 24.9. The molecule has 2 aromatic carbocycles. The van der Waals surface area contributed by atoms with Crippen LogP contribution >= 0.6 is 22.9 Å². The molecule has 0 aliphatic carbocycles. The minimum absolute atomic E-state index is 0.194. The molecule has 9 heteroatoms. The number of hydrogen-bond donors (Lipinski definition) is 2. The summed E-state index contributed by atoms with van der Waals surface area (Å²) in [6.45, 7) is 5.11. The molecule has 1 atom stereocenters. The van der Waals surface area contributed by atoms with Crippen LogP contribution in [0, 0.1) is 5.82 Å². The molecule has 3 rings (SSSR count). The van der Waals surface area contributed by atoms with Crippen molar-refractivity contribution in [1.82, 2.24) is 10.6 Å². The molecule has 0 aliphatic rings. The van der Waals surface area contributed by atoms with Gasteiger partial charge >= 0.3 is 0 Å². The van der Waals surface area contributed by atoms with Crippen LogP contribution in [0.1, 0.15) is 42.0 Å². The zero-order valence-electron chi connectivity index (χ0n) is 19.0. The summed E-state index contributed by atoms with van der Waals surface area (Å²) in [6, 6.07) is 14.8. The lowest BCUT2D eigenvalue weighted by Gasteiger charge is -2.34. The normalized spacial score (nSPS) is 12.0. The van der Waals surface area contributed by atoms with E-state index in [0.29, 0.717) is 10.4 Å². The zero-order valence-corrected chi connectivity index (χ0v) is 20.5. The first-order valence-corrected chi connectivity index (χ1v) is 11.8. The van der Waals surface area contributed by atoms with E-state index in [-0.39, 0.29) is 17.3 Å². The molecule has 0 saturated heterocycles. The molecule has 1 aromatic heterocycles. The second-order valence-corrected chi connectivity index (χ2v) is 9.93. The maximum absolute atomic E-state index is 13.9. The SMILES string of the molecule is CC(C)(C)NC(=O)[C@H](c1ccccc1)N(C(=O)CNC(=O)c1cccs1)c1ccc(F)c(Cl)c1. The molecular formula is C25H25ClFN3O3S. The quantitative estimate of drug-likeness (QED) is 0.480. The van der Waals surface area contributed by atoms with Crippen LogP contribution in [0.2, 0.25) is 5.02 Å². The van der Waals surface area contributed by atoms with Crippen LogP contribution < -0.4 is 15.5 Å². The predicted octanol–water partition coefficient (Wildman–Crippen LogP) is 4.96. The Morgan fingerprint density at radius 3 is 2.35 bits per heavy atom. The summed E-state index contributed by atoms with van der Waals surface area (Å²) in [5.74, 6) is -2.06. The summed E-state index contributed by atoms with van der Waals surface area (Å²) >= 11 is 7.26. The number of nitrogens with zero attached hydrogens (tertiary/aromatic N) is 1. The van der Waals surface area contributed by atoms with Crippen molar-refractivity contribution >= 4 is 46.3 Å². The third kappa shape index (κ3) is 6.42. The van der Waals surface area contributed by atoms with E-state index >= 15 is 0 Å². The Balaban J connectivity index is 2.03. The second-order valence-electron chi connectivity index (χ2n) is 8.57. The molecule has 0 saturated carbocycles. The number of hydrogen-bond acceptors (Lipinski definition) is 4. The van der Waals surface area contributed by atoms with E-state index in [1.165, 1.54) is 28.4 Å². The average Bonchev–Trinajstić information content (AvgIpc) is 3.32. The molecule has 3 aromatic rings. The molecule has 0 unspecified atom stereocenters. The fraction of sp³-hybridized carbons (Fsp3) is 0.240. The monoisotopic (exact) mass is 501 g/mol. The van der Waals surface area contributed by atoms with Crippen LogP contribution in [0.25, 0.3) is 0 Å². The number of amides is 3. The molecule has 0 spiro atoms. The maximum atomic E-state index is 13.9. The van der Waals surface area contributed by atoms with Crippen LogP contribution in [0.3, 0.4) is 0 Å². The Bertz CT molecular complexity index is 1160. The summed E-state index contributed by atoms with van der Waals surface area (Å²) in [6.07, 6.45) is 0. The van der Waals surface area contributed by atoms with Crippen molar-refractivity contribution in [2.45, 2.75) is 32.4 Å². The smallest absolute Gasteiger partial charge is 0.261 e. The van der Waals surface area contributed by atoms with Gasteiger partial charge in [-0.3, -0.25) is 19.3 Å². The predicted molar refractivity (Wildman–Crippen MR) is 133 cm³/mol. The third-order valence-electron chi connectivity index (χ3n) is 4.72. The molecule has 2 N–H and O–H groups in total. The van der Waals surface area contributed by atoms with Crippen molar-refractivity contribution in [2.75, 3.05) is 11.4 Å². The lowest BCUT2D eigenvalue weighted by Crippen LogP contribution is -2.51. The van der Waals surface area contributed by atoms with E-state index < -0.39 is 35.1 Å². The highest BCUT2D eigenvalue weighted by Crippen LogP contribution is 2.31. The molecular weight excluding hydrogens is 477 g/mol. The first kappa shape index (κ1) is 25.4. The molecule has 1 heterocycles. The number of benzene rings is 2. The fourth-order valence-corrected chi connectivity index (χ4v) is 4.11. The number of nitrogens with one attached hydrogen (secondary N) is 2. The van der Waals surface area contributed by atoms with Gasteiger partial charge in [0.1, 0.15) is 11.9 Å². The van der Waals surface area contributed by atoms with Gasteiger partial charge in [-0.25, -0.2) is 4.39 Å². The van der Waals surface area contributed by atoms with Crippen molar-refractivity contribution in [3.8, 4) is 0 Å². The standard InChI is InChI=1S/C25H25ClFN3O3S/c1-25(2,3)29-24(33)22(16-8-5-4-6-9-16)30(17-11-12-19(27)18(26)14-17)21(31)15-28-23(32)20-10-7-13-34-20/h4-14,22H,15H2,1-3H3,(H,28,32)(H,29,33)/t22-/m0/s1. The third-order valence-corrected chi connectivity index (χ3v) is 5.87. The van der Waals surface area contributed by atoms with Gasteiger partial charge in [0.25, 0.3) is 5.91 Å². The van der Waals surface area contributed by atoms with Gasteiger partial charge in [0, 0.05) is 11.2 Å². The lowest BCUT2D eigenvalue weighted by molar-refractivity contribution is -0.127. The van der Waals surface area contributed by atoms with Crippen molar-refractivity contribution in [2.24, 2.45) is 0 Å². The van der Waals surface area contributed by atoms with E-state index in [9.17, 15) is 18.8 Å². The van der Waals surface area contributed by atoms with Gasteiger partial charge in [-0.15, -0.1) is 11.3 Å². The van der Waals surface area contributed by atoms with Crippen LogP contribution in [-0.4, -0.2) is 29.8 Å². The number of anilines is 1. The van der Waals surface area contributed by atoms with Crippen LogP contribution in [0.4, 0.5) is 10.1 Å². The molecule has 0 fully saturated rings. The molecule has 0 radical (unpaired) electrons. The second kappa shape index (κ2) is 10.8. The van der Waals surface area contributed by atoms with Crippen LogP contribution in [-0.2, 0) is 9.59 Å². The molecule has 3 amide bonds. The molecule has 6 nitrogen and oxygen atoms in total. The van der Waals surface area contributed by atoms with Gasteiger partial charge in [0.15, 0.2) is 0 Å². The minimum atomic E-state index is -1.09. The average molecular weight is 502 g/mol. The Kier molecular flexibility index (Phi) is 8.06. The van der Waals surface area contributed by atoms with Gasteiger partial charge in [-0.1, -0.05) is 48.0 Å². The van der Waals surface area contributed by atoms with Crippen molar-refractivity contribution in [3.05, 3.63) is 87.3 Å². The van der Waals surface area contributed by atoms with E-state index in [0.717, 1.165) is 6.07 Å². The van der Waals surface area contributed by atoms with E-state index in [2.05, 4.69) is 10.6 Å². The summed E-state index contributed by atoms with van der Waals surface area (Å²) in [5.41, 5.74) is 0.189. The van der Waals surface area contributed by atoms with Crippen molar-refractivity contribution in [1.29, 1.82) is 0 Å². The first-order valence-electron chi connectivity index (χ1n) is 10.5. The number of halogens is 2. The van der Waals surface area contributed by atoms with Gasteiger partial charge in [-0.2, -0.15) is 0 Å². The van der Waals surface area contributed by atoms with Crippen molar-refractivity contribution in [3.63, 3.8) is 0 Å². The Morgan fingerprint density at radius 2 is 1.76 bits per heavy atom. The van der Waals surface area contributed by atoms with Gasteiger partial charge in [-0.05, 0) is 56.0 Å².